The zero-order chi connectivity index (χ0) is 15.8. The van der Waals surface area contributed by atoms with Crippen molar-refractivity contribution in [1.82, 2.24) is 5.32 Å². The Labute approximate surface area is 129 Å². The second-order valence-electron chi connectivity index (χ2n) is 4.86. The molecule has 2 rings (SSSR count). The molecular formula is C16H18BNO4. The first-order valence-corrected chi connectivity index (χ1v) is 7.04. The topological polar surface area (TPSA) is 78.8 Å². The van der Waals surface area contributed by atoms with Gasteiger partial charge in [-0.1, -0.05) is 54.6 Å². The molecule has 0 aromatic heterocycles. The standard InChI is InChI=1S/C16H18BNO4/c19-16(22-12-14-5-2-1-3-6-14)18-10-9-13-7-4-8-15(11-13)17(20)21/h1-8,11,20-21H,9-10,12H2,(H,18,19). The van der Waals surface area contributed by atoms with Crippen molar-refractivity contribution in [2.24, 2.45) is 0 Å². The highest BCUT2D eigenvalue weighted by Gasteiger charge is 2.10. The Morgan fingerprint density at radius 3 is 2.50 bits per heavy atom. The third-order valence-corrected chi connectivity index (χ3v) is 3.14. The van der Waals surface area contributed by atoms with Crippen LogP contribution in [-0.4, -0.2) is 29.8 Å². The summed E-state index contributed by atoms with van der Waals surface area (Å²) in [6.07, 6.45) is 0.114. The summed E-state index contributed by atoms with van der Waals surface area (Å²) >= 11 is 0. The SMILES string of the molecule is O=C(NCCc1cccc(B(O)O)c1)OCc1ccccc1. The molecule has 0 bridgehead atoms. The first-order valence-electron chi connectivity index (χ1n) is 7.04. The van der Waals surface area contributed by atoms with Gasteiger partial charge in [0.15, 0.2) is 0 Å². The molecule has 0 radical (unpaired) electrons. The average Bonchev–Trinajstić information content (AvgIpc) is 2.54. The lowest BCUT2D eigenvalue weighted by atomic mass is 9.79. The van der Waals surface area contributed by atoms with Gasteiger partial charge in [-0.05, 0) is 23.0 Å². The minimum atomic E-state index is -1.48. The molecule has 0 spiro atoms. The number of carbonyl (C=O) groups excluding carboxylic acids is 1. The molecule has 0 aliphatic rings. The first-order chi connectivity index (χ1) is 10.6. The van der Waals surface area contributed by atoms with Gasteiger partial charge < -0.3 is 20.1 Å². The number of nitrogens with one attached hydrogen (secondary N) is 1. The van der Waals surface area contributed by atoms with Crippen LogP contribution in [0.25, 0.3) is 0 Å². The molecule has 114 valence electrons. The molecular weight excluding hydrogens is 281 g/mol. The molecule has 0 unspecified atom stereocenters. The Kier molecular flexibility index (Phi) is 6.00. The van der Waals surface area contributed by atoms with Gasteiger partial charge in [-0.3, -0.25) is 0 Å². The second kappa shape index (κ2) is 8.21. The van der Waals surface area contributed by atoms with Crippen LogP contribution in [-0.2, 0) is 17.8 Å². The Balaban J connectivity index is 1.72. The third-order valence-electron chi connectivity index (χ3n) is 3.14. The smallest absolute Gasteiger partial charge is 0.445 e. The lowest BCUT2D eigenvalue weighted by Crippen LogP contribution is -2.30. The summed E-state index contributed by atoms with van der Waals surface area (Å²) in [5, 5.41) is 20.9. The number of rotatable bonds is 6. The Morgan fingerprint density at radius 1 is 1.05 bits per heavy atom. The Hall–Kier alpha value is -2.31. The normalized spacial score (nSPS) is 10.1. The van der Waals surface area contributed by atoms with Crippen LogP contribution in [0.3, 0.4) is 0 Å². The number of carbonyl (C=O) groups is 1. The Bertz CT molecular complexity index is 604. The third kappa shape index (κ3) is 5.23. The van der Waals surface area contributed by atoms with Crippen LogP contribution in [0.5, 0.6) is 0 Å². The fourth-order valence-electron chi connectivity index (χ4n) is 1.99. The van der Waals surface area contributed by atoms with Crippen molar-refractivity contribution in [1.29, 1.82) is 0 Å². The van der Waals surface area contributed by atoms with Crippen molar-refractivity contribution in [3.8, 4) is 0 Å². The van der Waals surface area contributed by atoms with Crippen molar-refractivity contribution in [2.45, 2.75) is 13.0 Å². The summed E-state index contributed by atoms with van der Waals surface area (Å²) in [5.74, 6) is 0. The van der Waals surface area contributed by atoms with Crippen LogP contribution in [0.4, 0.5) is 4.79 Å². The molecule has 0 atom stereocenters. The van der Waals surface area contributed by atoms with Crippen molar-refractivity contribution in [3.63, 3.8) is 0 Å². The van der Waals surface area contributed by atoms with Crippen LogP contribution in [0.1, 0.15) is 11.1 Å². The number of ether oxygens (including phenoxy) is 1. The quantitative estimate of drug-likeness (QED) is 0.691. The van der Waals surface area contributed by atoms with Crippen molar-refractivity contribution in [3.05, 3.63) is 65.7 Å². The van der Waals surface area contributed by atoms with E-state index in [4.69, 9.17) is 14.8 Å². The van der Waals surface area contributed by atoms with Gasteiger partial charge >= 0.3 is 13.2 Å². The summed E-state index contributed by atoms with van der Waals surface area (Å²) in [6, 6.07) is 16.4. The second-order valence-corrected chi connectivity index (χ2v) is 4.86. The number of hydrogen-bond donors (Lipinski definition) is 3. The van der Waals surface area contributed by atoms with Gasteiger partial charge in [0, 0.05) is 6.54 Å². The average molecular weight is 299 g/mol. The summed E-state index contributed by atoms with van der Waals surface area (Å²) in [5.41, 5.74) is 2.28. The van der Waals surface area contributed by atoms with E-state index in [0.717, 1.165) is 11.1 Å². The molecule has 1 amide bonds. The molecule has 0 aliphatic heterocycles. The zero-order valence-electron chi connectivity index (χ0n) is 12.1. The highest BCUT2D eigenvalue weighted by atomic mass is 16.5. The Morgan fingerprint density at radius 2 is 1.77 bits per heavy atom. The largest absolute Gasteiger partial charge is 0.488 e. The predicted octanol–water partition coefficient (Wildman–Crippen LogP) is 0.835. The maximum atomic E-state index is 11.6. The van der Waals surface area contributed by atoms with Gasteiger partial charge in [0.25, 0.3) is 0 Å². The van der Waals surface area contributed by atoms with E-state index in [2.05, 4.69) is 5.32 Å². The summed E-state index contributed by atoms with van der Waals surface area (Å²) in [7, 11) is -1.48. The molecule has 0 aliphatic carbocycles. The monoisotopic (exact) mass is 299 g/mol. The highest BCUT2D eigenvalue weighted by molar-refractivity contribution is 6.58. The van der Waals surface area contributed by atoms with E-state index in [1.165, 1.54) is 0 Å². The van der Waals surface area contributed by atoms with E-state index in [0.29, 0.717) is 18.4 Å². The first kappa shape index (κ1) is 16.1. The minimum absolute atomic E-state index is 0.235. The highest BCUT2D eigenvalue weighted by Crippen LogP contribution is 2.01. The maximum Gasteiger partial charge on any atom is 0.488 e. The van der Waals surface area contributed by atoms with E-state index in [1.807, 2.05) is 36.4 Å². The van der Waals surface area contributed by atoms with E-state index in [9.17, 15) is 4.79 Å². The van der Waals surface area contributed by atoms with Gasteiger partial charge in [0.05, 0.1) is 0 Å². The molecule has 0 saturated carbocycles. The van der Waals surface area contributed by atoms with E-state index in [-0.39, 0.29) is 6.61 Å². The molecule has 2 aromatic carbocycles. The van der Waals surface area contributed by atoms with Gasteiger partial charge in [-0.15, -0.1) is 0 Å². The lowest BCUT2D eigenvalue weighted by Gasteiger charge is -2.08. The van der Waals surface area contributed by atoms with Crippen molar-refractivity contribution < 1.29 is 19.6 Å². The van der Waals surface area contributed by atoms with Gasteiger partial charge in [0.1, 0.15) is 6.61 Å². The van der Waals surface area contributed by atoms with Crippen LogP contribution >= 0.6 is 0 Å². The van der Waals surface area contributed by atoms with Crippen LogP contribution in [0.2, 0.25) is 0 Å². The number of hydrogen-bond acceptors (Lipinski definition) is 4. The number of benzene rings is 2. The van der Waals surface area contributed by atoms with E-state index < -0.39 is 13.2 Å². The van der Waals surface area contributed by atoms with Crippen molar-refractivity contribution in [2.75, 3.05) is 6.54 Å². The molecule has 0 heterocycles. The molecule has 5 nitrogen and oxygen atoms in total. The fourth-order valence-corrected chi connectivity index (χ4v) is 1.99. The van der Waals surface area contributed by atoms with Crippen LogP contribution in [0.15, 0.2) is 54.6 Å². The molecule has 2 aromatic rings. The fraction of sp³-hybridized carbons (Fsp3) is 0.188. The zero-order valence-corrected chi connectivity index (χ0v) is 12.1. The molecule has 0 fully saturated rings. The summed E-state index contributed by atoms with van der Waals surface area (Å²) in [4.78, 5) is 11.6. The maximum absolute atomic E-state index is 11.6. The molecule has 6 heteroatoms. The van der Waals surface area contributed by atoms with Gasteiger partial charge in [0.2, 0.25) is 0 Å². The van der Waals surface area contributed by atoms with E-state index in [1.54, 1.807) is 18.2 Å². The number of alkyl carbamates (subject to hydrolysis) is 1. The molecule has 0 saturated heterocycles. The predicted molar refractivity (Wildman–Crippen MR) is 84.6 cm³/mol. The van der Waals surface area contributed by atoms with Crippen LogP contribution in [0, 0.1) is 0 Å². The minimum Gasteiger partial charge on any atom is -0.445 e. The molecule has 3 N–H and O–H groups in total. The summed E-state index contributed by atoms with van der Waals surface area (Å²) < 4.78 is 5.10. The van der Waals surface area contributed by atoms with E-state index >= 15 is 0 Å². The molecule has 22 heavy (non-hydrogen) atoms. The van der Waals surface area contributed by atoms with Gasteiger partial charge in [-0.25, -0.2) is 4.79 Å². The summed E-state index contributed by atoms with van der Waals surface area (Å²) in [6.45, 7) is 0.650. The lowest BCUT2D eigenvalue weighted by molar-refractivity contribution is 0.140. The van der Waals surface area contributed by atoms with Crippen molar-refractivity contribution >= 4 is 18.7 Å². The number of amides is 1. The van der Waals surface area contributed by atoms with Gasteiger partial charge in [-0.2, -0.15) is 0 Å². The van der Waals surface area contributed by atoms with Crippen LogP contribution < -0.4 is 10.8 Å².